The summed E-state index contributed by atoms with van der Waals surface area (Å²) in [5.74, 6) is 2.32. The lowest BCUT2D eigenvalue weighted by atomic mass is 10.2. The average molecular weight is 345 g/mol. The van der Waals surface area contributed by atoms with Crippen LogP contribution in [0.3, 0.4) is 0 Å². The zero-order valence-corrected chi connectivity index (χ0v) is 15.3. The van der Waals surface area contributed by atoms with Crippen LogP contribution in [-0.2, 0) is 20.9 Å². The van der Waals surface area contributed by atoms with E-state index in [4.69, 9.17) is 15.9 Å². The predicted octanol–water partition coefficient (Wildman–Crippen LogP) is 3.42. The largest absolute Gasteiger partial charge is 0.444 e. The third-order valence-corrected chi connectivity index (χ3v) is 3.16. The van der Waals surface area contributed by atoms with Gasteiger partial charge in [0.25, 0.3) is 0 Å². The number of nitrogens with zero attached hydrogens (tertiary/aromatic N) is 1. The molecule has 0 atom stereocenters. The predicted molar refractivity (Wildman–Crippen MR) is 97.0 cm³/mol. The normalized spacial score (nSPS) is 10.8. The molecular formula is C20H27NO4. The van der Waals surface area contributed by atoms with Gasteiger partial charge in [-0.05, 0) is 32.8 Å². The average Bonchev–Trinajstić information content (AvgIpc) is 2.53. The number of hydrogen-bond acceptors (Lipinski definition) is 4. The molecule has 1 aromatic carbocycles. The number of amides is 1. The Morgan fingerprint density at radius 1 is 1.20 bits per heavy atom. The molecule has 0 fully saturated rings. The number of rotatable bonds is 9. The molecule has 0 aliphatic rings. The van der Waals surface area contributed by atoms with Gasteiger partial charge in [-0.15, -0.1) is 6.42 Å². The summed E-state index contributed by atoms with van der Waals surface area (Å²) in [6.07, 6.45) is 5.63. The van der Waals surface area contributed by atoms with E-state index in [1.807, 2.05) is 30.3 Å². The number of terminal acetylenes is 1. The number of Topliss-reactive ketones (excluding diaryl/α,β-unsaturated/α-hetero) is 1. The third-order valence-electron chi connectivity index (χ3n) is 3.16. The van der Waals surface area contributed by atoms with E-state index in [0.29, 0.717) is 26.1 Å². The number of carbonyl (C=O) groups is 2. The Bertz CT molecular complexity index is 584. The van der Waals surface area contributed by atoms with Crippen molar-refractivity contribution < 1.29 is 19.1 Å². The van der Waals surface area contributed by atoms with Crippen LogP contribution in [0.1, 0.15) is 39.2 Å². The highest BCUT2D eigenvalue weighted by Crippen LogP contribution is 2.10. The van der Waals surface area contributed by atoms with E-state index in [2.05, 4.69) is 5.92 Å². The molecule has 0 aliphatic heterocycles. The molecule has 0 heterocycles. The SMILES string of the molecule is C#CCN(CC(=O)CCCOCc1ccccc1)C(=O)OC(C)(C)C. The molecule has 5 heteroatoms. The minimum atomic E-state index is -0.627. The maximum atomic E-state index is 12.1. The van der Waals surface area contributed by atoms with Crippen LogP contribution in [0.5, 0.6) is 0 Å². The van der Waals surface area contributed by atoms with Crippen molar-refractivity contribution in [2.24, 2.45) is 0 Å². The number of ketones is 1. The Kier molecular flexibility index (Phi) is 8.73. The molecule has 0 saturated carbocycles. The number of carbonyl (C=O) groups excluding carboxylic acids is 2. The summed E-state index contributed by atoms with van der Waals surface area (Å²) in [4.78, 5) is 25.4. The maximum absolute atomic E-state index is 12.1. The van der Waals surface area contributed by atoms with Gasteiger partial charge in [0.2, 0.25) is 0 Å². The standard InChI is InChI=1S/C20H27NO4/c1-5-13-21(19(23)25-20(2,3)4)15-18(22)12-9-14-24-16-17-10-7-6-8-11-17/h1,6-8,10-11H,9,12-16H2,2-4H3. The molecule has 0 unspecified atom stereocenters. The molecular weight excluding hydrogens is 318 g/mol. The molecule has 0 aliphatic carbocycles. The van der Waals surface area contributed by atoms with Gasteiger partial charge in [0, 0.05) is 13.0 Å². The van der Waals surface area contributed by atoms with Crippen LogP contribution in [0.2, 0.25) is 0 Å². The Hall–Kier alpha value is -2.32. The van der Waals surface area contributed by atoms with Crippen molar-refractivity contribution in [1.82, 2.24) is 4.90 Å². The summed E-state index contributed by atoms with van der Waals surface area (Å²) in [5, 5.41) is 0. The fraction of sp³-hybridized carbons (Fsp3) is 0.500. The van der Waals surface area contributed by atoms with Gasteiger partial charge in [-0.25, -0.2) is 4.79 Å². The lowest BCUT2D eigenvalue weighted by Crippen LogP contribution is -2.40. The highest BCUT2D eigenvalue weighted by Gasteiger charge is 2.23. The van der Waals surface area contributed by atoms with Gasteiger partial charge in [0.1, 0.15) is 5.60 Å². The van der Waals surface area contributed by atoms with E-state index in [1.165, 1.54) is 4.90 Å². The lowest BCUT2D eigenvalue weighted by molar-refractivity contribution is -0.120. The van der Waals surface area contributed by atoms with Crippen molar-refractivity contribution in [3.8, 4) is 12.3 Å². The van der Waals surface area contributed by atoms with Crippen LogP contribution >= 0.6 is 0 Å². The summed E-state index contributed by atoms with van der Waals surface area (Å²) >= 11 is 0. The van der Waals surface area contributed by atoms with Gasteiger partial charge in [0.05, 0.1) is 19.7 Å². The first-order valence-electron chi connectivity index (χ1n) is 8.36. The van der Waals surface area contributed by atoms with Crippen molar-refractivity contribution >= 4 is 11.9 Å². The van der Waals surface area contributed by atoms with E-state index in [1.54, 1.807) is 20.8 Å². The van der Waals surface area contributed by atoms with Crippen LogP contribution in [-0.4, -0.2) is 42.1 Å². The smallest absolute Gasteiger partial charge is 0.411 e. The van der Waals surface area contributed by atoms with E-state index in [-0.39, 0.29) is 18.9 Å². The number of benzene rings is 1. The molecule has 0 spiro atoms. The molecule has 5 nitrogen and oxygen atoms in total. The van der Waals surface area contributed by atoms with Crippen LogP contribution in [0, 0.1) is 12.3 Å². The van der Waals surface area contributed by atoms with Crippen LogP contribution in [0.4, 0.5) is 4.79 Å². The quantitative estimate of drug-likeness (QED) is 0.508. The first-order chi connectivity index (χ1) is 11.8. The lowest BCUT2D eigenvalue weighted by Gasteiger charge is -2.25. The Morgan fingerprint density at radius 3 is 2.48 bits per heavy atom. The monoisotopic (exact) mass is 345 g/mol. The maximum Gasteiger partial charge on any atom is 0.411 e. The minimum absolute atomic E-state index is 0.0439. The van der Waals surface area contributed by atoms with Gasteiger partial charge in [-0.1, -0.05) is 36.3 Å². The topological polar surface area (TPSA) is 55.8 Å². The van der Waals surface area contributed by atoms with Crippen LogP contribution < -0.4 is 0 Å². The van der Waals surface area contributed by atoms with Gasteiger partial charge in [0.15, 0.2) is 5.78 Å². The van der Waals surface area contributed by atoms with Crippen LogP contribution in [0.25, 0.3) is 0 Å². The molecule has 1 rings (SSSR count). The van der Waals surface area contributed by atoms with Crippen molar-refractivity contribution in [2.75, 3.05) is 19.7 Å². The van der Waals surface area contributed by atoms with Gasteiger partial charge >= 0.3 is 6.09 Å². The van der Waals surface area contributed by atoms with Crippen LogP contribution in [0.15, 0.2) is 30.3 Å². The zero-order valence-electron chi connectivity index (χ0n) is 15.3. The molecule has 1 amide bonds. The first-order valence-corrected chi connectivity index (χ1v) is 8.36. The second-order valence-electron chi connectivity index (χ2n) is 6.72. The second kappa shape index (κ2) is 10.5. The summed E-state index contributed by atoms with van der Waals surface area (Å²) in [7, 11) is 0. The van der Waals surface area contributed by atoms with Crippen molar-refractivity contribution in [1.29, 1.82) is 0 Å². The minimum Gasteiger partial charge on any atom is -0.444 e. The fourth-order valence-corrected chi connectivity index (χ4v) is 2.05. The summed E-state index contributed by atoms with van der Waals surface area (Å²) < 4.78 is 10.8. The van der Waals surface area contributed by atoms with Crippen molar-refractivity contribution in [3.63, 3.8) is 0 Å². The van der Waals surface area contributed by atoms with E-state index in [0.717, 1.165) is 5.56 Å². The second-order valence-corrected chi connectivity index (χ2v) is 6.72. The fourth-order valence-electron chi connectivity index (χ4n) is 2.05. The van der Waals surface area contributed by atoms with Gasteiger partial charge < -0.3 is 9.47 Å². The van der Waals surface area contributed by atoms with Crippen molar-refractivity contribution in [2.45, 2.75) is 45.8 Å². The first kappa shape index (κ1) is 20.7. The van der Waals surface area contributed by atoms with Gasteiger partial charge in [-0.2, -0.15) is 0 Å². The van der Waals surface area contributed by atoms with E-state index >= 15 is 0 Å². The van der Waals surface area contributed by atoms with Crippen molar-refractivity contribution in [3.05, 3.63) is 35.9 Å². The molecule has 0 saturated heterocycles. The van der Waals surface area contributed by atoms with E-state index < -0.39 is 11.7 Å². The Balaban J connectivity index is 2.30. The summed E-state index contributed by atoms with van der Waals surface area (Å²) in [6.45, 7) is 6.32. The highest BCUT2D eigenvalue weighted by atomic mass is 16.6. The molecule has 136 valence electrons. The molecule has 0 bridgehead atoms. The summed E-state index contributed by atoms with van der Waals surface area (Å²) in [6, 6.07) is 9.85. The van der Waals surface area contributed by atoms with E-state index in [9.17, 15) is 9.59 Å². The molecule has 1 aromatic rings. The molecule has 0 N–H and O–H groups in total. The zero-order chi connectivity index (χ0) is 18.7. The summed E-state index contributed by atoms with van der Waals surface area (Å²) in [5.41, 5.74) is 0.470. The highest BCUT2D eigenvalue weighted by molar-refractivity contribution is 5.84. The Morgan fingerprint density at radius 2 is 1.88 bits per heavy atom. The Labute approximate surface area is 150 Å². The third kappa shape index (κ3) is 9.53. The number of hydrogen-bond donors (Lipinski definition) is 0. The molecule has 0 aromatic heterocycles. The molecule has 25 heavy (non-hydrogen) atoms. The van der Waals surface area contributed by atoms with Gasteiger partial charge in [-0.3, -0.25) is 9.69 Å². The number of ether oxygens (including phenoxy) is 2. The molecule has 0 radical (unpaired) electrons.